The van der Waals surface area contributed by atoms with Crippen molar-refractivity contribution in [2.24, 2.45) is 5.73 Å². The van der Waals surface area contributed by atoms with Crippen molar-refractivity contribution >= 4 is 0 Å². The van der Waals surface area contributed by atoms with Gasteiger partial charge in [-0.25, -0.2) is 0 Å². The molecular formula is C12H21NO. The quantitative estimate of drug-likeness (QED) is 0.638. The summed E-state index contributed by atoms with van der Waals surface area (Å²) in [5.74, 6) is 0. The van der Waals surface area contributed by atoms with E-state index < -0.39 is 6.10 Å². The highest BCUT2D eigenvalue weighted by atomic mass is 16.3. The molecule has 2 heteroatoms. The number of hydrogen-bond acceptors (Lipinski definition) is 2. The molecule has 2 nitrogen and oxygen atoms in total. The molecule has 0 aromatic carbocycles. The molecule has 0 aliphatic heterocycles. The smallest absolute Gasteiger partial charge is 0.0722 e. The number of allylic oxidation sites excluding steroid dienone is 5. The van der Waals surface area contributed by atoms with E-state index in [2.05, 4.69) is 13.0 Å². The third-order valence-corrected chi connectivity index (χ3v) is 1.83. The first-order chi connectivity index (χ1) is 6.68. The summed E-state index contributed by atoms with van der Waals surface area (Å²) in [4.78, 5) is 0. The molecule has 0 spiro atoms. The van der Waals surface area contributed by atoms with Crippen molar-refractivity contribution in [3.63, 3.8) is 0 Å². The van der Waals surface area contributed by atoms with E-state index in [1.165, 1.54) is 0 Å². The van der Waals surface area contributed by atoms with Gasteiger partial charge in [-0.15, -0.1) is 0 Å². The lowest BCUT2D eigenvalue weighted by atomic mass is 10.1. The molecule has 0 radical (unpaired) electrons. The van der Waals surface area contributed by atoms with Crippen LogP contribution in [0.1, 0.15) is 26.7 Å². The van der Waals surface area contributed by atoms with Crippen LogP contribution in [0.25, 0.3) is 0 Å². The Kier molecular flexibility index (Phi) is 8.19. The first-order valence-electron chi connectivity index (χ1n) is 5.10. The summed E-state index contributed by atoms with van der Waals surface area (Å²) in [6.45, 7) is 3.90. The van der Waals surface area contributed by atoms with E-state index in [1.54, 1.807) is 6.92 Å². The van der Waals surface area contributed by atoms with Gasteiger partial charge in [0.05, 0.1) is 6.10 Å². The van der Waals surface area contributed by atoms with Gasteiger partial charge in [-0.3, -0.25) is 0 Å². The monoisotopic (exact) mass is 195 g/mol. The fourth-order valence-corrected chi connectivity index (χ4v) is 0.854. The van der Waals surface area contributed by atoms with Crippen LogP contribution in [0.2, 0.25) is 0 Å². The molecular weight excluding hydrogens is 174 g/mol. The van der Waals surface area contributed by atoms with Crippen molar-refractivity contribution in [3.8, 4) is 0 Å². The highest BCUT2D eigenvalue weighted by molar-refractivity contribution is 5.11. The standard InChI is InChI=1S/C12H21NO/c1-3-4-5-6-7-8-9-10-12(14)11(2)13/h4-9,11-12,14H,3,10,13H2,1-2H3/b5-4+,7-6+,9-8+/t11-,12-/m0/s1. The fraction of sp³-hybridized carbons (Fsp3) is 0.500. The zero-order valence-electron chi connectivity index (χ0n) is 9.06. The maximum atomic E-state index is 9.35. The summed E-state index contributed by atoms with van der Waals surface area (Å²) < 4.78 is 0. The SMILES string of the molecule is CC/C=C/C=C/C=C/C[C@H](O)[C@H](C)N. The Hall–Kier alpha value is -0.860. The minimum absolute atomic E-state index is 0.163. The summed E-state index contributed by atoms with van der Waals surface area (Å²) >= 11 is 0. The Labute approximate surface area is 86.8 Å². The molecule has 14 heavy (non-hydrogen) atoms. The summed E-state index contributed by atoms with van der Waals surface area (Å²) in [6.07, 6.45) is 13.1. The Bertz CT molecular complexity index is 204. The second-order valence-corrected chi connectivity index (χ2v) is 3.31. The molecule has 0 heterocycles. The Morgan fingerprint density at radius 1 is 1.14 bits per heavy atom. The van der Waals surface area contributed by atoms with Gasteiger partial charge in [0.15, 0.2) is 0 Å². The van der Waals surface area contributed by atoms with Gasteiger partial charge in [0.2, 0.25) is 0 Å². The van der Waals surface area contributed by atoms with Gasteiger partial charge in [0.1, 0.15) is 0 Å². The van der Waals surface area contributed by atoms with Gasteiger partial charge in [-0.05, 0) is 19.8 Å². The summed E-state index contributed by atoms with van der Waals surface area (Å²) in [5, 5.41) is 9.35. The Morgan fingerprint density at radius 3 is 2.21 bits per heavy atom. The predicted octanol–water partition coefficient (Wildman–Crippen LogP) is 2.16. The predicted molar refractivity (Wildman–Crippen MR) is 62.0 cm³/mol. The highest BCUT2D eigenvalue weighted by Crippen LogP contribution is 1.97. The normalized spacial score (nSPS) is 17.1. The van der Waals surface area contributed by atoms with Crippen LogP contribution in [0.3, 0.4) is 0 Å². The molecule has 80 valence electrons. The summed E-state index contributed by atoms with van der Waals surface area (Å²) in [5.41, 5.74) is 5.50. The Morgan fingerprint density at radius 2 is 1.71 bits per heavy atom. The van der Waals surface area contributed by atoms with Gasteiger partial charge in [-0.2, -0.15) is 0 Å². The molecule has 3 N–H and O–H groups in total. The first-order valence-corrected chi connectivity index (χ1v) is 5.10. The maximum Gasteiger partial charge on any atom is 0.0722 e. The van der Waals surface area contributed by atoms with Crippen LogP contribution >= 0.6 is 0 Å². The van der Waals surface area contributed by atoms with E-state index >= 15 is 0 Å². The van der Waals surface area contributed by atoms with Crippen LogP contribution in [0.4, 0.5) is 0 Å². The zero-order valence-corrected chi connectivity index (χ0v) is 9.06. The maximum absolute atomic E-state index is 9.35. The number of hydrogen-bond donors (Lipinski definition) is 2. The van der Waals surface area contributed by atoms with Crippen molar-refractivity contribution in [2.75, 3.05) is 0 Å². The molecule has 0 aliphatic rings. The number of aliphatic hydroxyl groups excluding tert-OH is 1. The zero-order chi connectivity index (χ0) is 10.8. The summed E-state index contributed by atoms with van der Waals surface area (Å²) in [6, 6.07) is -0.163. The van der Waals surface area contributed by atoms with Crippen LogP contribution in [0.5, 0.6) is 0 Å². The molecule has 2 atom stereocenters. The molecule has 0 aromatic rings. The van der Waals surface area contributed by atoms with Crippen molar-refractivity contribution in [2.45, 2.75) is 38.8 Å². The third kappa shape index (κ3) is 7.77. The molecule has 0 saturated heterocycles. The second-order valence-electron chi connectivity index (χ2n) is 3.31. The molecule has 0 aliphatic carbocycles. The van der Waals surface area contributed by atoms with Crippen molar-refractivity contribution in [3.05, 3.63) is 36.5 Å². The van der Waals surface area contributed by atoms with Crippen LogP contribution in [-0.2, 0) is 0 Å². The Balaban J connectivity index is 3.63. The van der Waals surface area contributed by atoms with Crippen molar-refractivity contribution < 1.29 is 5.11 Å². The number of aliphatic hydroxyl groups is 1. The number of rotatable bonds is 6. The second kappa shape index (κ2) is 8.73. The minimum Gasteiger partial charge on any atom is -0.391 e. The fourth-order valence-electron chi connectivity index (χ4n) is 0.854. The van der Waals surface area contributed by atoms with Gasteiger partial charge in [-0.1, -0.05) is 43.4 Å². The topological polar surface area (TPSA) is 46.2 Å². The largest absolute Gasteiger partial charge is 0.391 e. The lowest BCUT2D eigenvalue weighted by Gasteiger charge is -2.10. The van der Waals surface area contributed by atoms with E-state index in [1.807, 2.05) is 30.4 Å². The molecule has 0 aromatic heterocycles. The van der Waals surface area contributed by atoms with Crippen molar-refractivity contribution in [1.29, 1.82) is 0 Å². The molecule has 0 fully saturated rings. The number of nitrogens with two attached hydrogens (primary N) is 1. The molecule has 0 saturated carbocycles. The van der Waals surface area contributed by atoms with E-state index in [9.17, 15) is 5.11 Å². The minimum atomic E-state index is -0.439. The van der Waals surface area contributed by atoms with Crippen LogP contribution in [0, 0.1) is 0 Å². The van der Waals surface area contributed by atoms with E-state index in [-0.39, 0.29) is 6.04 Å². The van der Waals surface area contributed by atoms with Gasteiger partial charge < -0.3 is 10.8 Å². The highest BCUT2D eigenvalue weighted by Gasteiger charge is 2.05. The van der Waals surface area contributed by atoms with Crippen LogP contribution in [-0.4, -0.2) is 17.3 Å². The first kappa shape index (κ1) is 13.1. The van der Waals surface area contributed by atoms with Gasteiger partial charge in [0.25, 0.3) is 0 Å². The van der Waals surface area contributed by atoms with Crippen LogP contribution < -0.4 is 5.73 Å². The molecule has 0 amide bonds. The van der Waals surface area contributed by atoms with E-state index in [4.69, 9.17) is 5.73 Å². The van der Waals surface area contributed by atoms with E-state index in [0.717, 1.165) is 6.42 Å². The lowest BCUT2D eigenvalue weighted by Crippen LogP contribution is -2.30. The lowest BCUT2D eigenvalue weighted by molar-refractivity contribution is 0.154. The molecule has 0 rings (SSSR count). The van der Waals surface area contributed by atoms with Gasteiger partial charge in [0, 0.05) is 6.04 Å². The van der Waals surface area contributed by atoms with Crippen molar-refractivity contribution in [1.82, 2.24) is 0 Å². The third-order valence-electron chi connectivity index (χ3n) is 1.83. The summed E-state index contributed by atoms with van der Waals surface area (Å²) in [7, 11) is 0. The van der Waals surface area contributed by atoms with Crippen LogP contribution in [0.15, 0.2) is 36.5 Å². The van der Waals surface area contributed by atoms with Gasteiger partial charge >= 0.3 is 0 Å². The van der Waals surface area contributed by atoms with E-state index in [0.29, 0.717) is 6.42 Å². The molecule has 0 unspecified atom stereocenters. The average molecular weight is 195 g/mol. The molecule has 0 bridgehead atoms. The average Bonchev–Trinajstić information content (AvgIpc) is 2.16.